The van der Waals surface area contributed by atoms with Crippen molar-refractivity contribution in [3.8, 4) is 0 Å². The molecule has 0 aromatic heterocycles. The van der Waals surface area contributed by atoms with Gasteiger partial charge in [-0.15, -0.1) is 6.58 Å². The molecule has 0 aromatic carbocycles. The van der Waals surface area contributed by atoms with Crippen molar-refractivity contribution in [2.24, 2.45) is 0 Å². The van der Waals surface area contributed by atoms with Crippen LogP contribution in [-0.2, 0) is 4.74 Å². The van der Waals surface area contributed by atoms with Crippen LogP contribution in [0.15, 0.2) is 12.7 Å². The fraction of sp³-hybridized carbons (Fsp3) is 0.667. The maximum absolute atomic E-state index is 8.26. The van der Waals surface area contributed by atoms with Crippen molar-refractivity contribution in [3.05, 3.63) is 12.7 Å². The molecule has 0 fully saturated rings. The molecule has 0 saturated carbocycles. The normalized spacial score (nSPS) is 8.11. The SMILES string of the molecule is C=CCOCCCO.[NaH]. The first-order valence-corrected chi connectivity index (χ1v) is 2.71. The molecule has 9 heavy (non-hydrogen) atoms. The number of hydrogen-bond acceptors (Lipinski definition) is 2. The predicted molar refractivity (Wildman–Crippen MR) is 39.9 cm³/mol. The molecule has 0 aliphatic rings. The summed E-state index contributed by atoms with van der Waals surface area (Å²) < 4.78 is 4.95. The molecule has 2 nitrogen and oxygen atoms in total. The summed E-state index contributed by atoms with van der Waals surface area (Å²) in [5, 5.41) is 8.26. The van der Waals surface area contributed by atoms with E-state index < -0.39 is 0 Å². The second-order valence-corrected chi connectivity index (χ2v) is 1.44. The molecule has 3 heteroatoms. The molecule has 0 unspecified atom stereocenters. The fourth-order valence-electron chi connectivity index (χ4n) is 0.333. The number of aliphatic hydroxyl groups is 1. The summed E-state index contributed by atoms with van der Waals surface area (Å²) >= 11 is 0. The predicted octanol–water partition coefficient (Wildman–Crippen LogP) is -0.0771. The van der Waals surface area contributed by atoms with Gasteiger partial charge in [-0.25, -0.2) is 0 Å². The van der Waals surface area contributed by atoms with Crippen molar-refractivity contribution >= 4 is 29.6 Å². The maximum atomic E-state index is 8.26. The summed E-state index contributed by atoms with van der Waals surface area (Å²) in [6.07, 6.45) is 2.41. The first-order chi connectivity index (χ1) is 3.91. The average molecular weight is 140 g/mol. The van der Waals surface area contributed by atoms with Crippen LogP contribution in [0.25, 0.3) is 0 Å². The van der Waals surface area contributed by atoms with Gasteiger partial charge in [-0.2, -0.15) is 0 Å². The van der Waals surface area contributed by atoms with E-state index in [4.69, 9.17) is 9.84 Å². The molecule has 50 valence electrons. The number of rotatable bonds is 5. The zero-order valence-electron chi connectivity index (χ0n) is 4.97. The van der Waals surface area contributed by atoms with Gasteiger partial charge in [-0.05, 0) is 6.42 Å². The molecule has 0 bridgehead atoms. The van der Waals surface area contributed by atoms with Crippen LogP contribution < -0.4 is 0 Å². The average Bonchev–Trinajstić information content (AvgIpc) is 1.81. The van der Waals surface area contributed by atoms with Crippen molar-refractivity contribution in [3.63, 3.8) is 0 Å². The van der Waals surface area contributed by atoms with Crippen LogP contribution in [0.1, 0.15) is 6.42 Å². The van der Waals surface area contributed by atoms with Crippen LogP contribution >= 0.6 is 0 Å². The third kappa shape index (κ3) is 12.0. The fourth-order valence-corrected chi connectivity index (χ4v) is 0.333. The van der Waals surface area contributed by atoms with Gasteiger partial charge in [-0.1, -0.05) is 6.08 Å². The zero-order valence-corrected chi connectivity index (χ0v) is 4.97. The molecule has 1 N–H and O–H groups in total. The molecule has 0 aliphatic carbocycles. The van der Waals surface area contributed by atoms with Gasteiger partial charge >= 0.3 is 29.6 Å². The van der Waals surface area contributed by atoms with Crippen LogP contribution in [-0.4, -0.2) is 54.5 Å². The Kier molecular flexibility index (Phi) is 15.7. The Bertz CT molecular complexity index is 57.0. The summed E-state index contributed by atoms with van der Waals surface area (Å²) in [5.74, 6) is 0. The van der Waals surface area contributed by atoms with E-state index >= 15 is 0 Å². The molecular weight excluding hydrogens is 127 g/mol. The first-order valence-electron chi connectivity index (χ1n) is 2.71. The van der Waals surface area contributed by atoms with E-state index in [9.17, 15) is 0 Å². The minimum atomic E-state index is 0. The number of ether oxygens (including phenoxy) is 1. The Morgan fingerprint density at radius 1 is 1.56 bits per heavy atom. The third-order valence-corrected chi connectivity index (χ3v) is 0.682. The van der Waals surface area contributed by atoms with Gasteiger partial charge in [0.15, 0.2) is 0 Å². The van der Waals surface area contributed by atoms with Crippen molar-refractivity contribution in [1.82, 2.24) is 0 Å². The van der Waals surface area contributed by atoms with Crippen LogP contribution in [0.4, 0.5) is 0 Å². The van der Waals surface area contributed by atoms with Crippen molar-refractivity contribution in [2.45, 2.75) is 6.42 Å². The van der Waals surface area contributed by atoms with Gasteiger partial charge in [0.05, 0.1) is 6.61 Å². The molecule has 0 aromatic rings. The zero-order chi connectivity index (χ0) is 6.24. The third-order valence-electron chi connectivity index (χ3n) is 0.682. The summed E-state index contributed by atoms with van der Waals surface area (Å²) in [7, 11) is 0. The molecule has 0 spiro atoms. The molecule has 0 saturated heterocycles. The van der Waals surface area contributed by atoms with Crippen LogP contribution in [0.3, 0.4) is 0 Å². The van der Waals surface area contributed by atoms with Gasteiger partial charge in [-0.3, -0.25) is 0 Å². The van der Waals surface area contributed by atoms with Gasteiger partial charge in [0, 0.05) is 13.2 Å². The Morgan fingerprint density at radius 2 is 2.22 bits per heavy atom. The van der Waals surface area contributed by atoms with E-state index in [1.807, 2.05) is 0 Å². The minimum absolute atomic E-state index is 0. The molecular formula is C6H13NaO2. The van der Waals surface area contributed by atoms with Crippen molar-refractivity contribution < 1.29 is 9.84 Å². The summed E-state index contributed by atoms with van der Waals surface area (Å²) in [5.41, 5.74) is 0. The Labute approximate surface area is 78.2 Å². The molecule has 0 aliphatic heterocycles. The van der Waals surface area contributed by atoms with E-state index in [0.717, 1.165) is 0 Å². The topological polar surface area (TPSA) is 29.5 Å². The second kappa shape index (κ2) is 11.5. The Balaban J connectivity index is 0. The van der Waals surface area contributed by atoms with Crippen molar-refractivity contribution in [2.75, 3.05) is 19.8 Å². The summed E-state index contributed by atoms with van der Waals surface area (Å²) in [6.45, 7) is 4.89. The van der Waals surface area contributed by atoms with E-state index in [-0.39, 0.29) is 36.2 Å². The summed E-state index contributed by atoms with van der Waals surface area (Å²) in [4.78, 5) is 0. The monoisotopic (exact) mass is 140 g/mol. The number of aliphatic hydroxyl groups excluding tert-OH is 1. The Hall–Kier alpha value is 0.660. The van der Waals surface area contributed by atoms with Gasteiger partial charge in [0.25, 0.3) is 0 Å². The molecule has 0 rings (SSSR count). The van der Waals surface area contributed by atoms with Crippen LogP contribution in [0.2, 0.25) is 0 Å². The quantitative estimate of drug-likeness (QED) is 0.329. The van der Waals surface area contributed by atoms with Gasteiger partial charge < -0.3 is 9.84 Å². The standard InChI is InChI=1S/C6H12O2.Na.H/c1-2-5-8-6-3-4-7;;/h2,7H,1,3-6H2;;. The van der Waals surface area contributed by atoms with Crippen molar-refractivity contribution in [1.29, 1.82) is 0 Å². The second-order valence-electron chi connectivity index (χ2n) is 1.44. The molecule has 0 amide bonds. The van der Waals surface area contributed by atoms with Gasteiger partial charge in [0.2, 0.25) is 0 Å². The molecule has 0 radical (unpaired) electrons. The van der Waals surface area contributed by atoms with E-state index in [0.29, 0.717) is 19.6 Å². The molecule has 0 atom stereocenters. The van der Waals surface area contributed by atoms with E-state index in [1.165, 1.54) is 0 Å². The Morgan fingerprint density at radius 3 is 2.67 bits per heavy atom. The first kappa shape index (κ1) is 12.3. The van der Waals surface area contributed by atoms with Crippen LogP contribution in [0.5, 0.6) is 0 Å². The van der Waals surface area contributed by atoms with Crippen LogP contribution in [0, 0.1) is 0 Å². The number of hydrogen-bond donors (Lipinski definition) is 1. The van der Waals surface area contributed by atoms with E-state index in [2.05, 4.69) is 6.58 Å². The van der Waals surface area contributed by atoms with E-state index in [1.54, 1.807) is 6.08 Å². The molecule has 0 heterocycles. The summed E-state index contributed by atoms with van der Waals surface area (Å²) in [6, 6.07) is 0. The van der Waals surface area contributed by atoms with Gasteiger partial charge in [0.1, 0.15) is 0 Å².